The van der Waals surface area contributed by atoms with Crippen LogP contribution in [0.5, 0.6) is 0 Å². The second kappa shape index (κ2) is 5.83. The van der Waals surface area contributed by atoms with Crippen LogP contribution in [-0.2, 0) is 9.59 Å². The zero-order chi connectivity index (χ0) is 13.1. The van der Waals surface area contributed by atoms with Crippen LogP contribution in [0.1, 0.15) is 38.5 Å². The minimum atomic E-state index is 0.0140. The first kappa shape index (κ1) is 13.5. The Morgan fingerprint density at radius 1 is 1.06 bits per heavy atom. The number of rotatable bonds is 5. The molecule has 1 saturated carbocycles. The highest BCUT2D eigenvalue weighted by Crippen LogP contribution is 2.37. The summed E-state index contributed by atoms with van der Waals surface area (Å²) < 4.78 is 0. The van der Waals surface area contributed by atoms with Gasteiger partial charge in [0.2, 0.25) is 11.8 Å². The number of carbonyl (C=O) groups is 2. The van der Waals surface area contributed by atoms with Gasteiger partial charge in [-0.1, -0.05) is 12.8 Å². The zero-order valence-electron chi connectivity index (χ0n) is 11.5. The second-order valence-electron chi connectivity index (χ2n) is 5.84. The third-order valence-corrected chi connectivity index (χ3v) is 4.17. The van der Waals surface area contributed by atoms with Gasteiger partial charge in [-0.3, -0.25) is 14.5 Å². The Morgan fingerprint density at radius 2 is 1.61 bits per heavy atom. The van der Waals surface area contributed by atoms with Crippen LogP contribution in [0.15, 0.2) is 0 Å². The van der Waals surface area contributed by atoms with E-state index >= 15 is 0 Å². The fourth-order valence-electron chi connectivity index (χ4n) is 3.15. The van der Waals surface area contributed by atoms with Gasteiger partial charge in [0.05, 0.1) is 11.8 Å². The lowest BCUT2D eigenvalue weighted by atomic mass is 9.81. The maximum Gasteiger partial charge on any atom is 0.233 e. The van der Waals surface area contributed by atoms with E-state index in [1.165, 1.54) is 4.90 Å². The van der Waals surface area contributed by atoms with Crippen molar-refractivity contribution in [3.63, 3.8) is 0 Å². The van der Waals surface area contributed by atoms with E-state index in [-0.39, 0.29) is 23.7 Å². The maximum absolute atomic E-state index is 12.2. The van der Waals surface area contributed by atoms with Crippen molar-refractivity contribution in [3.8, 4) is 0 Å². The number of unbranched alkanes of at least 4 members (excludes halogenated alkanes) is 1. The SMILES string of the molecule is CN(C)CCCCN1C(=O)C2CCCCC2C1=O. The van der Waals surface area contributed by atoms with Crippen LogP contribution >= 0.6 is 0 Å². The van der Waals surface area contributed by atoms with Gasteiger partial charge >= 0.3 is 0 Å². The first-order valence-electron chi connectivity index (χ1n) is 7.11. The van der Waals surface area contributed by atoms with Crippen molar-refractivity contribution in [2.24, 2.45) is 11.8 Å². The number of hydrogen-bond donors (Lipinski definition) is 0. The number of amides is 2. The average molecular weight is 252 g/mol. The highest BCUT2D eigenvalue weighted by atomic mass is 16.2. The Morgan fingerprint density at radius 3 is 2.11 bits per heavy atom. The van der Waals surface area contributed by atoms with Crippen molar-refractivity contribution in [1.29, 1.82) is 0 Å². The van der Waals surface area contributed by atoms with E-state index in [1.807, 2.05) is 14.1 Å². The number of carbonyl (C=O) groups excluding carboxylic acids is 2. The van der Waals surface area contributed by atoms with Gasteiger partial charge in [-0.2, -0.15) is 0 Å². The van der Waals surface area contributed by atoms with Crippen molar-refractivity contribution in [1.82, 2.24) is 9.80 Å². The predicted octanol–water partition coefficient (Wildman–Crippen LogP) is 1.50. The van der Waals surface area contributed by atoms with E-state index < -0.39 is 0 Å². The molecule has 0 aromatic carbocycles. The molecule has 0 radical (unpaired) electrons. The summed E-state index contributed by atoms with van der Waals surface area (Å²) in [5.74, 6) is 0.240. The third kappa shape index (κ3) is 2.74. The lowest BCUT2D eigenvalue weighted by Gasteiger charge is -2.19. The Hall–Kier alpha value is -0.900. The molecule has 0 N–H and O–H groups in total. The first-order valence-corrected chi connectivity index (χ1v) is 7.11. The largest absolute Gasteiger partial charge is 0.309 e. The molecule has 2 rings (SSSR count). The van der Waals surface area contributed by atoms with Gasteiger partial charge in [0.25, 0.3) is 0 Å². The molecule has 2 amide bonds. The maximum atomic E-state index is 12.2. The van der Waals surface area contributed by atoms with Crippen LogP contribution in [-0.4, -0.2) is 48.8 Å². The second-order valence-corrected chi connectivity index (χ2v) is 5.84. The van der Waals surface area contributed by atoms with E-state index in [4.69, 9.17) is 0 Å². The van der Waals surface area contributed by atoms with E-state index in [0.717, 1.165) is 45.1 Å². The van der Waals surface area contributed by atoms with Crippen molar-refractivity contribution in [2.45, 2.75) is 38.5 Å². The third-order valence-electron chi connectivity index (χ3n) is 4.17. The number of likely N-dealkylation sites (tertiary alicyclic amines) is 1. The molecular weight excluding hydrogens is 228 g/mol. The molecule has 1 saturated heterocycles. The minimum Gasteiger partial charge on any atom is -0.309 e. The molecule has 2 aliphatic rings. The molecule has 1 aliphatic heterocycles. The van der Waals surface area contributed by atoms with Gasteiger partial charge in [0.15, 0.2) is 0 Å². The van der Waals surface area contributed by atoms with Gasteiger partial charge in [-0.05, 0) is 46.3 Å². The first-order chi connectivity index (χ1) is 8.61. The van der Waals surface area contributed by atoms with Crippen molar-refractivity contribution >= 4 is 11.8 Å². The van der Waals surface area contributed by atoms with Crippen LogP contribution < -0.4 is 0 Å². The van der Waals surface area contributed by atoms with Gasteiger partial charge in [-0.15, -0.1) is 0 Å². The Labute approximate surface area is 109 Å². The molecule has 18 heavy (non-hydrogen) atoms. The lowest BCUT2D eigenvalue weighted by molar-refractivity contribution is -0.139. The molecule has 4 heteroatoms. The standard InChI is InChI=1S/C14H24N2O2/c1-15(2)9-5-6-10-16-13(17)11-7-3-4-8-12(11)14(16)18/h11-12H,3-10H2,1-2H3. The van der Waals surface area contributed by atoms with Gasteiger partial charge in [0.1, 0.15) is 0 Å². The van der Waals surface area contributed by atoms with E-state index in [2.05, 4.69) is 4.90 Å². The molecule has 0 aromatic heterocycles. The molecule has 1 heterocycles. The van der Waals surface area contributed by atoms with E-state index in [1.54, 1.807) is 0 Å². The summed E-state index contributed by atoms with van der Waals surface area (Å²) in [7, 11) is 4.08. The van der Waals surface area contributed by atoms with Crippen molar-refractivity contribution < 1.29 is 9.59 Å². The fourth-order valence-corrected chi connectivity index (χ4v) is 3.15. The summed E-state index contributed by atoms with van der Waals surface area (Å²) in [6.07, 6.45) is 6.02. The topological polar surface area (TPSA) is 40.6 Å². The smallest absolute Gasteiger partial charge is 0.233 e. The summed E-state index contributed by atoms with van der Waals surface area (Å²) in [6, 6.07) is 0. The molecule has 2 fully saturated rings. The quantitative estimate of drug-likeness (QED) is 0.550. The zero-order valence-corrected chi connectivity index (χ0v) is 11.5. The van der Waals surface area contributed by atoms with Crippen molar-refractivity contribution in [2.75, 3.05) is 27.2 Å². The Balaban J connectivity index is 1.85. The van der Waals surface area contributed by atoms with Crippen LogP contribution in [0, 0.1) is 11.8 Å². The summed E-state index contributed by atoms with van der Waals surface area (Å²) in [6.45, 7) is 1.64. The van der Waals surface area contributed by atoms with Crippen LogP contribution in [0.2, 0.25) is 0 Å². The average Bonchev–Trinajstić information content (AvgIpc) is 2.59. The number of nitrogens with zero attached hydrogens (tertiary/aromatic N) is 2. The summed E-state index contributed by atoms with van der Waals surface area (Å²) in [5.41, 5.74) is 0. The highest BCUT2D eigenvalue weighted by Gasteiger charge is 2.47. The number of fused-ring (bicyclic) bond motifs is 1. The van der Waals surface area contributed by atoms with Gasteiger partial charge in [0, 0.05) is 6.54 Å². The normalized spacial score (nSPS) is 28.1. The van der Waals surface area contributed by atoms with Gasteiger partial charge < -0.3 is 4.90 Å². The van der Waals surface area contributed by atoms with Crippen LogP contribution in [0.3, 0.4) is 0 Å². The van der Waals surface area contributed by atoms with E-state index in [0.29, 0.717) is 6.54 Å². The molecule has 2 unspecified atom stereocenters. The molecule has 2 atom stereocenters. The van der Waals surface area contributed by atoms with Crippen molar-refractivity contribution in [3.05, 3.63) is 0 Å². The minimum absolute atomic E-state index is 0.0140. The summed E-state index contributed by atoms with van der Waals surface area (Å²) in [5, 5.41) is 0. The monoisotopic (exact) mass is 252 g/mol. The fraction of sp³-hybridized carbons (Fsp3) is 0.857. The highest BCUT2D eigenvalue weighted by molar-refractivity contribution is 6.05. The van der Waals surface area contributed by atoms with Gasteiger partial charge in [-0.25, -0.2) is 0 Å². The Kier molecular flexibility index (Phi) is 4.38. The van der Waals surface area contributed by atoms with Crippen LogP contribution in [0.25, 0.3) is 0 Å². The molecule has 0 spiro atoms. The van der Waals surface area contributed by atoms with Crippen LogP contribution in [0.4, 0.5) is 0 Å². The van der Waals surface area contributed by atoms with E-state index in [9.17, 15) is 9.59 Å². The predicted molar refractivity (Wildman–Crippen MR) is 70.0 cm³/mol. The number of hydrogen-bond acceptors (Lipinski definition) is 3. The summed E-state index contributed by atoms with van der Waals surface area (Å²) in [4.78, 5) is 28.0. The molecule has 0 bridgehead atoms. The molecular formula is C14H24N2O2. The number of imide groups is 1. The molecule has 4 nitrogen and oxygen atoms in total. The lowest BCUT2D eigenvalue weighted by Crippen LogP contribution is -2.32. The molecule has 0 aromatic rings. The molecule has 102 valence electrons. The molecule has 1 aliphatic carbocycles. The summed E-state index contributed by atoms with van der Waals surface area (Å²) >= 11 is 0. The Bertz CT molecular complexity index is 304.